The van der Waals surface area contributed by atoms with Crippen molar-refractivity contribution in [1.82, 2.24) is 0 Å². The van der Waals surface area contributed by atoms with E-state index in [0.717, 1.165) is 17.7 Å². The van der Waals surface area contributed by atoms with E-state index in [4.69, 9.17) is 17.0 Å². The van der Waals surface area contributed by atoms with E-state index < -0.39 is 4.92 Å². The van der Waals surface area contributed by atoms with Gasteiger partial charge in [0.15, 0.2) is 4.32 Å². The average Bonchev–Trinajstić information content (AvgIpc) is 2.94. The van der Waals surface area contributed by atoms with E-state index in [-0.39, 0.29) is 11.6 Å². The van der Waals surface area contributed by atoms with E-state index in [1.165, 1.54) is 34.9 Å². The summed E-state index contributed by atoms with van der Waals surface area (Å²) in [6.45, 7) is 2.69. The van der Waals surface area contributed by atoms with Gasteiger partial charge >= 0.3 is 0 Å². The van der Waals surface area contributed by atoms with Crippen LogP contribution in [0.15, 0.2) is 53.4 Å². The van der Waals surface area contributed by atoms with Crippen LogP contribution in [-0.4, -0.2) is 21.8 Å². The highest BCUT2D eigenvalue weighted by Gasteiger charge is 2.33. The number of nitro benzene ring substituents is 1. The van der Waals surface area contributed by atoms with Gasteiger partial charge in [0.05, 0.1) is 22.1 Å². The molecule has 0 radical (unpaired) electrons. The van der Waals surface area contributed by atoms with Crippen molar-refractivity contribution in [3.63, 3.8) is 0 Å². The number of hydrogen-bond donors (Lipinski definition) is 0. The number of amides is 1. The molecule has 2 aromatic carbocycles. The Kier molecular flexibility index (Phi) is 5.88. The molecule has 6 nitrogen and oxygen atoms in total. The SMILES string of the molecule is CCCOc1ccc(C=C2SC(=S)N(c3cccc([N+](=O)[O-])c3)C2=O)cc1. The molecular formula is C19H16N2O4S2. The quantitative estimate of drug-likeness (QED) is 0.300. The minimum absolute atomic E-state index is 0.0896. The van der Waals surface area contributed by atoms with Crippen LogP contribution in [0.5, 0.6) is 5.75 Å². The molecule has 27 heavy (non-hydrogen) atoms. The normalized spacial score (nSPS) is 15.4. The van der Waals surface area contributed by atoms with Gasteiger partial charge in [-0.3, -0.25) is 19.8 Å². The zero-order valence-electron chi connectivity index (χ0n) is 14.5. The molecule has 1 fully saturated rings. The molecule has 0 spiro atoms. The van der Waals surface area contributed by atoms with Crippen LogP contribution in [0.3, 0.4) is 0 Å². The van der Waals surface area contributed by atoms with Crippen LogP contribution in [0.4, 0.5) is 11.4 Å². The van der Waals surface area contributed by atoms with Crippen LogP contribution >= 0.6 is 24.0 Å². The van der Waals surface area contributed by atoms with Crippen LogP contribution in [0.1, 0.15) is 18.9 Å². The third-order valence-corrected chi connectivity index (χ3v) is 5.05. The first kappa shape index (κ1) is 19.1. The number of benzene rings is 2. The van der Waals surface area contributed by atoms with Crippen LogP contribution in [0.25, 0.3) is 6.08 Å². The number of carbonyl (C=O) groups excluding carboxylic acids is 1. The highest BCUT2D eigenvalue weighted by Crippen LogP contribution is 2.37. The monoisotopic (exact) mass is 400 g/mol. The number of thioether (sulfide) groups is 1. The molecule has 2 aromatic rings. The van der Waals surface area contributed by atoms with E-state index in [0.29, 0.717) is 21.5 Å². The topological polar surface area (TPSA) is 72.7 Å². The Morgan fingerprint density at radius 2 is 2.00 bits per heavy atom. The van der Waals surface area contributed by atoms with Crippen LogP contribution in [0.2, 0.25) is 0 Å². The number of anilines is 1. The molecule has 1 amide bonds. The largest absolute Gasteiger partial charge is 0.494 e. The van der Waals surface area contributed by atoms with Gasteiger partial charge in [-0.15, -0.1) is 0 Å². The predicted octanol–water partition coefficient (Wildman–Crippen LogP) is 4.79. The van der Waals surface area contributed by atoms with Gasteiger partial charge in [-0.25, -0.2) is 0 Å². The summed E-state index contributed by atoms with van der Waals surface area (Å²) in [7, 11) is 0. The Balaban J connectivity index is 1.82. The minimum Gasteiger partial charge on any atom is -0.494 e. The highest BCUT2D eigenvalue weighted by molar-refractivity contribution is 8.27. The number of nitrogens with zero attached hydrogens (tertiary/aromatic N) is 2. The lowest BCUT2D eigenvalue weighted by atomic mass is 10.2. The molecule has 0 atom stereocenters. The number of hydrogen-bond acceptors (Lipinski definition) is 6. The van der Waals surface area contributed by atoms with Gasteiger partial charge in [-0.1, -0.05) is 49.1 Å². The van der Waals surface area contributed by atoms with Gasteiger partial charge in [-0.05, 0) is 36.3 Å². The van der Waals surface area contributed by atoms with Gasteiger partial charge < -0.3 is 4.74 Å². The molecule has 0 aliphatic carbocycles. The molecule has 1 heterocycles. The van der Waals surface area contributed by atoms with Gasteiger partial charge in [-0.2, -0.15) is 0 Å². The summed E-state index contributed by atoms with van der Waals surface area (Å²) >= 11 is 6.48. The van der Waals surface area contributed by atoms with Crippen molar-refractivity contribution in [2.45, 2.75) is 13.3 Å². The molecule has 0 saturated carbocycles. The fraction of sp³-hybridized carbons (Fsp3) is 0.158. The first-order valence-electron chi connectivity index (χ1n) is 8.25. The van der Waals surface area contributed by atoms with Crippen molar-refractivity contribution in [3.05, 3.63) is 69.1 Å². The van der Waals surface area contributed by atoms with Crippen LogP contribution < -0.4 is 9.64 Å². The molecule has 1 saturated heterocycles. The number of thiocarbonyl (C=S) groups is 1. The van der Waals surface area contributed by atoms with E-state index in [2.05, 4.69) is 0 Å². The van der Waals surface area contributed by atoms with E-state index in [9.17, 15) is 14.9 Å². The summed E-state index contributed by atoms with van der Waals surface area (Å²) < 4.78 is 5.89. The van der Waals surface area contributed by atoms with Crippen molar-refractivity contribution in [1.29, 1.82) is 0 Å². The summed E-state index contributed by atoms with van der Waals surface area (Å²) in [5.41, 5.74) is 1.14. The zero-order valence-corrected chi connectivity index (χ0v) is 16.1. The second-order valence-electron chi connectivity index (χ2n) is 5.71. The third-order valence-electron chi connectivity index (χ3n) is 3.74. The summed E-state index contributed by atoms with van der Waals surface area (Å²) in [6, 6.07) is 13.3. The van der Waals surface area contributed by atoms with E-state index in [1.807, 2.05) is 31.2 Å². The Labute approximate surface area is 166 Å². The second-order valence-corrected chi connectivity index (χ2v) is 7.39. The van der Waals surface area contributed by atoms with Crippen molar-refractivity contribution in [2.24, 2.45) is 0 Å². The van der Waals surface area contributed by atoms with E-state index >= 15 is 0 Å². The maximum atomic E-state index is 12.8. The Bertz CT molecular complexity index is 926. The lowest BCUT2D eigenvalue weighted by Gasteiger charge is -2.13. The summed E-state index contributed by atoms with van der Waals surface area (Å²) in [5.74, 6) is 0.481. The van der Waals surface area contributed by atoms with Crippen molar-refractivity contribution in [3.8, 4) is 5.75 Å². The predicted molar refractivity (Wildman–Crippen MR) is 111 cm³/mol. The lowest BCUT2D eigenvalue weighted by molar-refractivity contribution is -0.384. The zero-order chi connectivity index (χ0) is 19.4. The highest BCUT2D eigenvalue weighted by atomic mass is 32.2. The number of carbonyl (C=O) groups is 1. The van der Waals surface area contributed by atoms with E-state index in [1.54, 1.807) is 12.1 Å². The third kappa shape index (κ3) is 4.35. The maximum absolute atomic E-state index is 12.8. The molecule has 8 heteroatoms. The maximum Gasteiger partial charge on any atom is 0.271 e. The Morgan fingerprint density at radius 1 is 1.26 bits per heavy atom. The Hall–Kier alpha value is -2.71. The van der Waals surface area contributed by atoms with Crippen molar-refractivity contribution in [2.75, 3.05) is 11.5 Å². The number of rotatable bonds is 6. The molecule has 0 bridgehead atoms. The van der Waals surface area contributed by atoms with Gasteiger partial charge in [0.2, 0.25) is 0 Å². The van der Waals surface area contributed by atoms with Gasteiger partial charge in [0.1, 0.15) is 5.75 Å². The number of ether oxygens (including phenoxy) is 1. The fourth-order valence-corrected chi connectivity index (χ4v) is 3.77. The minimum atomic E-state index is -0.501. The standard InChI is InChI=1S/C19H16N2O4S2/c1-2-10-25-16-8-6-13(7-9-16)11-17-18(22)20(19(26)27-17)14-4-3-5-15(12-14)21(23)24/h3-9,11-12H,2,10H2,1H3. The second kappa shape index (κ2) is 8.32. The van der Waals surface area contributed by atoms with Gasteiger partial charge in [0.25, 0.3) is 11.6 Å². The summed E-state index contributed by atoms with van der Waals surface area (Å²) in [4.78, 5) is 25.0. The molecule has 1 aliphatic heterocycles. The van der Waals surface area contributed by atoms with Crippen molar-refractivity contribution >= 4 is 51.7 Å². The average molecular weight is 400 g/mol. The smallest absolute Gasteiger partial charge is 0.271 e. The summed E-state index contributed by atoms with van der Waals surface area (Å²) in [5, 5.41) is 11.0. The lowest BCUT2D eigenvalue weighted by Crippen LogP contribution is -2.27. The molecule has 0 unspecified atom stereocenters. The first-order valence-corrected chi connectivity index (χ1v) is 9.47. The molecule has 0 N–H and O–H groups in total. The Morgan fingerprint density at radius 3 is 2.67 bits per heavy atom. The number of nitro groups is 1. The fourth-order valence-electron chi connectivity index (χ4n) is 2.47. The first-order chi connectivity index (χ1) is 13.0. The summed E-state index contributed by atoms with van der Waals surface area (Å²) in [6.07, 6.45) is 2.68. The molecular weight excluding hydrogens is 384 g/mol. The molecule has 1 aliphatic rings. The molecule has 3 rings (SSSR count). The molecule has 138 valence electrons. The van der Waals surface area contributed by atoms with Crippen molar-refractivity contribution < 1.29 is 14.5 Å². The van der Waals surface area contributed by atoms with Crippen LogP contribution in [0, 0.1) is 10.1 Å². The molecule has 0 aromatic heterocycles. The van der Waals surface area contributed by atoms with Crippen LogP contribution in [-0.2, 0) is 4.79 Å². The number of non-ortho nitro benzene ring substituents is 1. The van der Waals surface area contributed by atoms with Gasteiger partial charge in [0, 0.05) is 12.1 Å².